The van der Waals surface area contributed by atoms with E-state index in [0.717, 1.165) is 25.9 Å². The minimum absolute atomic E-state index is 0.179. The first-order valence-corrected chi connectivity index (χ1v) is 14.7. The molecule has 7 nitrogen and oxygen atoms in total. The van der Waals surface area contributed by atoms with Crippen LogP contribution in [0.2, 0.25) is 15.1 Å². The number of thiocarbonyl (C=S) groups is 1. The standard InChI is InChI=1S/C26H19Cl3IN3O4S2/c1-2-36-21-10-15(9-20(30)23(21)37-13-14-3-5-16(27)6-4-14)11-22-24(34)33(26(38)39-22)32-25(35)31-17-7-8-18(28)19(29)12-17/h3-12H,2,13H2,1H3,(H2,31,32,35)/b22-11+. The first-order chi connectivity index (χ1) is 18.6. The lowest BCUT2D eigenvalue weighted by molar-refractivity contribution is -0.123. The zero-order valence-corrected chi connectivity index (χ0v) is 26.2. The molecule has 1 saturated heterocycles. The minimum atomic E-state index is -0.665. The number of anilines is 1. The number of hydrogen-bond donors (Lipinski definition) is 2. The van der Waals surface area contributed by atoms with E-state index in [2.05, 4.69) is 33.3 Å². The third-order valence-corrected chi connectivity index (χ3v) is 8.20. The van der Waals surface area contributed by atoms with Crippen molar-refractivity contribution < 1.29 is 19.1 Å². The van der Waals surface area contributed by atoms with Gasteiger partial charge in [0.1, 0.15) is 6.61 Å². The summed E-state index contributed by atoms with van der Waals surface area (Å²) in [5.74, 6) is 0.669. The highest BCUT2D eigenvalue weighted by Gasteiger charge is 2.34. The van der Waals surface area contributed by atoms with E-state index in [9.17, 15) is 9.59 Å². The van der Waals surface area contributed by atoms with Gasteiger partial charge in [-0.2, -0.15) is 5.01 Å². The number of hydrogen-bond acceptors (Lipinski definition) is 6. The van der Waals surface area contributed by atoms with Gasteiger partial charge in [-0.05, 0) is 101 Å². The number of benzene rings is 3. The molecule has 3 aromatic carbocycles. The number of carbonyl (C=O) groups excluding carboxylic acids is 2. The number of thioether (sulfide) groups is 1. The zero-order valence-electron chi connectivity index (χ0n) is 20.1. The SMILES string of the molecule is CCOc1cc(/C=C2/SC(=S)N(NC(=O)Nc3ccc(Cl)c(Cl)c3)C2=O)cc(I)c1OCc1ccc(Cl)cc1. The molecule has 4 rings (SSSR count). The van der Waals surface area contributed by atoms with Crippen molar-refractivity contribution in [3.8, 4) is 11.5 Å². The largest absolute Gasteiger partial charge is 0.490 e. The lowest BCUT2D eigenvalue weighted by Crippen LogP contribution is -2.46. The molecule has 1 fully saturated rings. The first kappa shape index (κ1) is 29.8. The summed E-state index contributed by atoms with van der Waals surface area (Å²) in [7, 11) is 0. The summed E-state index contributed by atoms with van der Waals surface area (Å²) in [5.41, 5.74) is 4.54. The third-order valence-electron chi connectivity index (χ3n) is 5.11. The molecule has 3 aromatic rings. The summed E-state index contributed by atoms with van der Waals surface area (Å²) in [6.07, 6.45) is 1.69. The van der Waals surface area contributed by atoms with Crippen LogP contribution in [0.25, 0.3) is 6.08 Å². The van der Waals surface area contributed by atoms with Gasteiger partial charge in [0, 0.05) is 10.7 Å². The molecule has 0 spiro atoms. The summed E-state index contributed by atoms with van der Waals surface area (Å²) in [6, 6.07) is 15.0. The minimum Gasteiger partial charge on any atom is -0.490 e. The van der Waals surface area contributed by atoms with Crippen LogP contribution in [0.4, 0.5) is 10.5 Å². The molecule has 1 aliphatic rings. The number of halogens is 4. The van der Waals surface area contributed by atoms with Crippen molar-refractivity contribution in [3.05, 3.63) is 89.3 Å². The smallest absolute Gasteiger partial charge is 0.338 e. The maximum atomic E-state index is 13.1. The van der Waals surface area contributed by atoms with E-state index in [1.807, 2.05) is 25.1 Å². The maximum absolute atomic E-state index is 13.1. The van der Waals surface area contributed by atoms with Gasteiger partial charge in [-0.15, -0.1) is 0 Å². The topological polar surface area (TPSA) is 79.9 Å². The first-order valence-electron chi connectivity index (χ1n) is 11.3. The Morgan fingerprint density at radius 2 is 1.82 bits per heavy atom. The van der Waals surface area contributed by atoms with Gasteiger partial charge < -0.3 is 14.8 Å². The van der Waals surface area contributed by atoms with Crippen LogP contribution >= 0.6 is 81.4 Å². The number of rotatable bonds is 8. The van der Waals surface area contributed by atoms with Gasteiger partial charge >= 0.3 is 6.03 Å². The number of nitrogens with one attached hydrogen (secondary N) is 2. The highest BCUT2D eigenvalue weighted by atomic mass is 127. The van der Waals surface area contributed by atoms with Crippen LogP contribution in [0.5, 0.6) is 11.5 Å². The fourth-order valence-corrected chi connectivity index (χ4v) is 5.74. The van der Waals surface area contributed by atoms with Crippen molar-refractivity contribution in [1.29, 1.82) is 0 Å². The van der Waals surface area contributed by atoms with Crippen LogP contribution < -0.4 is 20.2 Å². The molecule has 0 aliphatic carbocycles. The normalized spacial score (nSPS) is 14.1. The average Bonchev–Trinajstić information content (AvgIpc) is 3.14. The molecule has 1 aliphatic heterocycles. The van der Waals surface area contributed by atoms with Crippen LogP contribution in [0.3, 0.4) is 0 Å². The van der Waals surface area contributed by atoms with Crippen LogP contribution in [-0.4, -0.2) is 27.9 Å². The van der Waals surface area contributed by atoms with E-state index in [4.69, 9.17) is 56.5 Å². The molecule has 0 bridgehead atoms. The van der Waals surface area contributed by atoms with Gasteiger partial charge in [0.05, 0.1) is 25.1 Å². The predicted molar refractivity (Wildman–Crippen MR) is 170 cm³/mol. The maximum Gasteiger partial charge on any atom is 0.338 e. The molecular weight excluding hydrogens is 716 g/mol. The highest BCUT2D eigenvalue weighted by molar-refractivity contribution is 14.1. The average molecular weight is 735 g/mol. The summed E-state index contributed by atoms with van der Waals surface area (Å²) in [4.78, 5) is 25.9. The number of urea groups is 1. The van der Waals surface area contributed by atoms with E-state index in [1.54, 1.807) is 36.4 Å². The van der Waals surface area contributed by atoms with E-state index in [0.29, 0.717) is 50.9 Å². The summed E-state index contributed by atoms with van der Waals surface area (Å²) in [6.45, 7) is 2.64. The summed E-state index contributed by atoms with van der Waals surface area (Å²) >= 11 is 26.4. The van der Waals surface area contributed by atoms with Crippen LogP contribution in [0.1, 0.15) is 18.1 Å². The number of amides is 3. The summed E-state index contributed by atoms with van der Waals surface area (Å²) < 4.78 is 12.9. The number of carbonyl (C=O) groups is 2. The van der Waals surface area contributed by atoms with E-state index in [1.165, 1.54) is 6.07 Å². The lowest BCUT2D eigenvalue weighted by atomic mass is 10.1. The molecule has 13 heteroatoms. The van der Waals surface area contributed by atoms with Crippen molar-refractivity contribution in [2.45, 2.75) is 13.5 Å². The molecule has 1 heterocycles. The second-order valence-electron chi connectivity index (χ2n) is 7.89. The van der Waals surface area contributed by atoms with Crippen molar-refractivity contribution in [2.75, 3.05) is 11.9 Å². The van der Waals surface area contributed by atoms with E-state index >= 15 is 0 Å². The van der Waals surface area contributed by atoms with E-state index < -0.39 is 11.9 Å². The van der Waals surface area contributed by atoms with Gasteiger partial charge in [0.25, 0.3) is 5.91 Å². The van der Waals surface area contributed by atoms with Gasteiger partial charge in [-0.1, -0.05) is 58.7 Å². The van der Waals surface area contributed by atoms with Crippen molar-refractivity contribution in [1.82, 2.24) is 10.4 Å². The van der Waals surface area contributed by atoms with Crippen molar-refractivity contribution >= 4 is 109 Å². The van der Waals surface area contributed by atoms with Crippen molar-refractivity contribution in [2.24, 2.45) is 0 Å². The van der Waals surface area contributed by atoms with Crippen LogP contribution in [0, 0.1) is 3.57 Å². The highest BCUT2D eigenvalue weighted by Crippen LogP contribution is 2.38. The van der Waals surface area contributed by atoms with Crippen LogP contribution in [-0.2, 0) is 11.4 Å². The van der Waals surface area contributed by atoms with Crippen molar-refractivity contribution in [3.63, 3.8) is 0 Å². The second kappa shape index (κ2) is 13.4. The lowest BCUT2D eigenvalue weighted by Gasteiger charge is -2.16. The molecule has 2 N–H and O–H groups in total. The van der Waals surface area contributed by atoms with Gasteiger partial charge in [0.2, 0.25) is 0 Å². The second-order valence-corrected chi connectivity index (χ2v) is 12.0. The number of ether oxygens (including phenoxy) is 2. The monoisotopic (exact) mass is 733 g/mol. The van der Waals surface area contributed by atoms with Gasteiger partial charge in [-0.3, -0.25) is 4.79 Å². The predicted octanol–water partition coefficient (Wildman–Crippen LogP) is 8.17. The molecule has 3 amide bonds. The van der Waals surface area contributed by atoms with E-state index in [-0.39, 0.29) is 9.34 Å². The molecule has 202 valence electrons. The summed E-state index contributed by atoms with van der Waals surface area (Å²) in [5, 5.41) is 4.89. The molecule has 39 heavy (non-hydrogen) atoms. The quantitative estimate of drug-likeness (QED) is 0.138. The Morgan fingerprint density at radius 1 is 1.08 bits per heavy atom. The molecule has 0 atom stereocenters. The number of hydrazine groups is 1. The Bertz CT molecular complexity index is 1470. The molecule has 0 radical (unpaired) electrons. The Labute approximate surface area is 263 Å². The molecule has 0 aromatic heterocycles. The molecular formula is C26H19Cl3IN3O4S2. The Balaban J connectivity index is 1.48. The number of nitrogens with zero attached hydrogens (tertiary/aromatic N) is 1. The molecule has 0 saturated carbocycles. The van der Waals surface area contributed by atoms with Gasteiger partial charge in [0.15, 0.2) is 15.8 Å². The Morgan fingerprint density at radius 3 is 2.51 bits per heavy atom. The fraction of sp³-hybridized carbons (Fsp3) is 0.115. The Hall–Kier alpha value is -2.22. The van der Waals surface area contributed by atoms with Crippen LogP contribution in [0.15, 0.2) is 59.5 Å². The fourth-order valence-electron chi connectivity index (χ4n) is 3.36. The third kappa shape index (κ3) is 7.71. The zero-order chi connectivity index (χ0) is 28.1. The van der Waals surface area contributed by atoms with Gasteiger partial charge in [-0.25, -0.2) is 10.2 Å². The molecule has 0 unspecified atom stereocenters. The Kier molecular flexibility index (Phi) is 10.2.